The lowest BCUT2D eigenvalue weighted by atomic mass is 9.82. The lowest BCUT2D eigenvalue weighted by molar-refractivity contribution is -0.125. The summed E-state index contributed by atoms with van der Waals surface area (Å²) in [4.78, 5) is 17.6. The lowest BCUT2D eigenvalue weighted by Gasteiger charge is -2.26. The highest BCUT2D eigenvalue weighted by Crippen LogP contribution is 2.38. The Morgan fingerprint density at radius 1 is 1.11 bits per heavy atom. The van der Waals surface area contributed by atoms with Gasteiger partial charge in [0.1, 0.15) is 0 Å². The van der Waals surface area contributed by atoms with E-state index in [1.54, 1.807) is 11.3 Å². The van der Waals surface area contributed by atoms with E-state index in [1.165, 1.54) is 10.3 Å². The molecular formula is C22H21ClN2OS. The van der Waals surface area contributed by atoms with Crippen molar-refractivity contribution in [3.8, 4) is 0 Å². The van der Waals surface area contributed by atoms with Gasteiger partial charge in [0.2, 0.25) is 5.91 Å². The van der Waals surface area contributed by atoms with Crippen molar-refractivity contribution in [2.45, 2.75) is 25.2 Å². The third kappa shape index (κ3) is 4.23. The number of thiazole rings is 1. The van der Waals surface area contributed by atoms with Crippen LogP contribution in [-0.2, 0) is 11.2 Å². The predicted octanol–water partition coefficient (Wildman–Crippen LogP) is 5.36. The van der Waals surface area contributed by atoms with Gasteiger partial charge < -0.3 is 5.32 Å². The van der Waals surface area contributed by atoms with Crippen LogP contribution in [0.3, 0.4) is 0 Å². The number of carbonyl (C=O) groups excluding carboxylic acids is 1. The number of carbonyl (C=O) groups is 1. The van der Waals surface area contributed by atoms with Gasteiger partial charge in [-0.25, -0.2) is 4.98 Å². The first-order chi connectivity index (χ1) is 13.2. The third-order valence-electron chi connectivity index (χ3n) is 5.02. The summed E-state index contributed by atoms with van der Waals surface area (Å²) in [6.07, 6.45) is 6.74. The van der Waals surface area contributed by atoms with E-state index in [9.17, 15) is 4.79 Å². The van der Waals surface area contributed by atoms with Crippen molar-refractivity contribution < 1.29 is 4.79 Å². The number of benzene rings is 2. The first-order valence-corrected chi connectivity index (χ1v) is 10.4. The van der Waals surface area contributed by atoms with Gasteiger partial charge in [-0.3, -0.25) is 4.79 Å². The summed E-state index contributed by atoms with van der Waals surface area (Å²) in [6.45, 7) is 0.632. The Labute approximate surface area is 168 Å². The molecule has 1 heterocycles. The van der Waals surface area contributed by atoms with Crippen molar-refractivity contribution in [2.24, 2.45) is 5.92 Å². The number of nitrogens with zero attached hydrogens (tertiary/aromatic N) is 1. The molecule has 0 radical (unpaired) electrons. The Balaban J connectivity index is 1.43. The van der Waals surface area contributed by atoms with Crippen molar-refractivity contribution >= 4 is 39.1 Å². The molecule has 0 spiro atoms. The molecule has 138 valence electrons. The summed E-state index contributed by atoms with van der Waals surface area (Å²) in [5.41, 5.74) is 2.19. The number of fused-ring (bicyclic) bond motifs is 1. The van der Waals surface area contributed by atoms with E-state index in [1.807, 2.05) is 42.5 Å². The van der Waals surface area contributed by atoms with Crippen molar-refractivity contribution in [1.29, 1.82) is 0 Å². The molecule has 0 saturated heterocycles. The fourth-order valence-corrected chi connectivity index (χ4v) is 4.81. The second kappa shape index (κ2) is 8.24. The Bertz CT molecular complexity index is 931. The number of hydrogen-bond donors (Lipinski definition) is 1. The molecule has 2 atom stereocenters. The average molecular weight is 397 g/mol. The van der Waals surface area contributed by atoms with Crippen molar-refractivity contribution in [3.05, 3.63) is 76.3 Å². The van der Waals surface area contributed by atoms with Crippen molar-refractivity contribution in [2.75, 3.05) is 6.54 Å². The number of para-hydroxylation sites is 1. The van der Waals surface area contributed by atoms with Crippen LogP contribution in [0, 0.1) is 5.92 Å². The first kappa shape index (κ1) is 18.2. The van der Waals surface area contributed by atoms with Crippen LogP contribution in [0.15, 0.2) is 60.7 Å². The van der Waals surface area contributed by atoms with E-state index in [2.05, 4.69) is 23.5 Å². The summed E-state index contributed by atoms with van der Waals surface area (Å²) in [7, 11) is 0. The highest BCUT2D eigenvalue weighted by atomic mass is 35.5. The molecule has 0 fully saturated rings. The maximum atomic E-state index is 12.9. The molecular weight excluding hydrogens is 376 g/mol. The number of halogens is 1. The molecule has 2 aromatic carbocycles. The van der Waals surface area contributed by atoms with E-state index >= 15 is 0 Å². The van der Waals surface area contributed by atoms with Gasteiger partial charge in [-0.1, -0.05) is 48.0 Å². The summed E-state index contributed by atoms with van der Waals surface area (Å²) < 4.78 is 1.18. The van der Waals surface area contributed by atoms with Gasteiger partial charge in [0.05, 0.1) is 21.1 Å². The molecule has 0 saturated carbocycles. The second-order valence-corrected chi connectivity index (χ2v) is 8.34. The Hall–Kier alpha value is -2.17. The highest BCUT2D eigenvalue weighted by molar-refractivity contribution is 7.18. The van der Waals surface area contributed by atoms with E-state index in [0.717, 1.165) is 34.8 Å². The number of hydrogen-bond acceptors (Lipinski definition) is 3. The van der Waals surface area contributed by atoms with Crippen LogP contribution in [0.25, 0.3) is 10.2 Å². The number of nitrogens with one attached hydrogen (secondary N) is 1. The summed E-state index contributed by atoms with van der Waals surface area (Å²) >= 11 is 7.63. The summed E-state index contributed by atoms with van der Waals surface area (Å²) in [5.74, 6) is 0.223. The van der Waals surface area contributed by atoms with E-state index in [4.69, 9.17) is 16.6 Å². The Kier molecular flexibility index (Phi) is 5.55. The number of rotatable bonds is 5. The lowest BCUT2D eigenvalue weighted by Crippen LogP contribution is -2.36. The van der Waals surface area contributed by atoms with Crippen molar-refractivity contribution in [3.63, 3.8) is 0 Å². The molecule has 1 aliphatic rings. The van der Waals surface area contributed by atoms with Crippen molar-refractivity contribution in [1.82, 2.24) is 10.3 Å². The number of aromatic nitrogens is 1. The minimum Gasteiger partial charge on any atom is -0.356 e. The first-order valence-electron chi connectivity index (χ1n) is 9.23. The minimum absolute atomic E-state index is 0.0548. The van der Waals surface area contributed by atoms with E-state index in [0.29, 0.717) is 6.54 Å². The molecule has 0 aliphatic heterocycles. The van der Waals surface area contributed by atoms with Gasteiger partial charge in [-0.05, 0) is 49.1 Å². The van der Waals surface area contributed by atoms with Gasteiger partial charge in [0.25, 0.3) is 0 Å². The SMILES string of the molecule is O=C(NCCc1ccc(Cl)cc1)[C@H]1CC=CC[C@H]1c1nc2ccccc2s1. The van der Waals surface area contributed by atoms with Gasteiger partial charge in [-0.2, -0.15) is 0 Å². The molecule has 0 unspecified atom stereocenters. The fraction of sp³-hybridized carbons (Fsp3) is 0.273. The quantitative estimate of drug-likeness (QED) is 0.590. The summed E-state index contributed by atoms with van der Waals surface area (Å²) in [5, 5.41) is 4.92. The van der Waals surface area contributed by atoms with E-state index < -0.39 is 0 Å². The zero-order valence-corrected chi connectivity index (χ0v) is 16.5. The molecule has 1 N–H and O–H groups in total. The van der Waals surface area contributed by atoms with Crippen LogP contribution in [-0.4, -0.2) is 17.4 Å². The summed E-state index contributed by atoms with van der Waals surface area (Å²) in [6, 6.07) is 15.9. The normalized spacial score (nSPS) is 19.3. The zero-order valence-electron chi connectivity index (χ0n) is 14.9. The van der Waals surface area contributed by atoms with Crippen LogP contribution < -0.4 is 5.32 Å². The monoisotopic (exact) mass is 396 g/mol. The van der Waals surface area contributed by atoms with Crippen LogP contribution >= 0.6 is 22.9 Å². The van der Waals surface area contributed by atoms with Gasteiger partial charge in [-0.15, -0.1) is 11.3 Å². The molecule has 5 heteroatoms. The topological polar surface area (TPSA) is 42.0 Å². The smallest absolute Gasteiger partial charge is 0.224 e. The average Bonchev–Trinajstić information content (AvgIpc) is 3.13. The van der Waals surface area contributed by atoms with Crippen LogP contribution in [0.2, 0.25) is 5.02 Å². The molecule has 0 bridgehead atoms. The maximum absolute atomic E-state index is 12.9. The Morgan fingerprint density at radius 3 is 2.70 bits per heavy atom. The van der Waals surface area contributed by atoms with Crippen LogP contribution in [0.5, 0.6) is 0 Å². The second-order valence-electron chi connectivity index (χ2n) is 6.84. The molecule has 1 amide bonds. The van der Waals surface area contributed by atoms with Gasteiger partial charge in [0, 0.05) is 17.5 Å². The predicted molar refractivity (Wildman–Crippen MR) is 112 cm³/mol. The van der Waals surface area contributed by atoms with Gasteiger partial charge in [0.15, 0.2) is 0 Å². The maximum Gasteiger partial charge on any atom is 0.224 e. The molecule has 4 rings (SSSR count). The van der Waals surface area contributed by atoms with Crippen LogP contribution in [0.1, 0.15) is 29.3 Å². The fourth-order valence-electron chi connectivity index (χ4n) is 3.54. The molecule has 3 aromatic rings. The molecule has 27 heavy (non-hydrogen) atoms. The molecule has 1 aromatic heterocycles. The largest absolute Gasteiger partial charge is 0.356 e. The minimum atomic E-state index is -0.0548. The third-order valence-corrected chi connectivity index (χ3v) is 6.44. The Morgan fingerprint density at radius 2 is 1.89 bits per heavy atom. The highest BCUT2D eigenvalue weighted by Gasteiger charge is 2.32. The standard InChI is InChI=1S/C22H21ClN2OS/c23-16-11-9-15(10-12-16)13-14-24-21(26)17-5-1-2-6-18(17)22-25-19-7-3-4-8-20(19)27-22/h1-4,7-12,17-18H,5-6,13-14H2,(H,24,26)/t17-,18+/m0/s1. The molecule has 3 nitrogen and oxygen atoms in total. The van der Waals surface area contributed by atoms with E-state index in [-0.39, 0.29) is 17.7 Å². The van der Waals surface area contributed by atoms with Gasteiger partial charge >= 0.3 is 0 Å². The van der Waals surface area contributed by atoms with Crippen LogP contribution in [0.4, 0.5) is 0 Å². The number of amides is 1. The molecule has 1 aliphatic carbocycles. The zero-order chi connectivity index (χ0) is 18.6. The number of allylic oxidation sites excluding steroid dienone is 2.